The third-order valence-corrected chi connectivity index (χ3v) is 4.70. The number of hydrogen-bond acceptors (Lipinski definition) is 6. The summed E-state index contributed by atoms with van der Waals surface area (Å²) in [5.74, 6) is 1.06. The molecule has 1 aliphatic rings. The van der Waals surface area contributed by atoms with Gasteiger partial charge in [0.1, 0.15) is 11.3 Å². The van der Waals surface area contributed by atoms with E-state index in [9.17, 15) is 4.79 Å². The molecule has 1 aliphatic heterocycles. The Bertz CT molecular complexity index is 893. The molecular formula is C19H20N6O. The molecule has 0 radical (unpaired) electrons. The maximum atomic E-state index is 12.4. The Morgan fingerprint density at radius 2 is 1.96 bits per heavy atom. The molecule has 26 heavy (non-hydrogen) atoms. The maximum absolute atomic E-state index is 12.4. The van der Waals surface area contributed by atoms with Gasteiger partial charge in [0.15, 0.2) is 5.65 Å². The van der Waals surface area contributed by atoms with Gasteiger partial charge in [-0.2, -0.15) is 0 Å². The Morgan fingerprint density at radius 3 is 2.77 bits per heavy atom. The molecule has 0 unspecified atom stereocenters. The van der Waals surface area contributed by atoms with Crippen molar-refractivity contribution in [2.24, 2.45) is 5.92 Å². The van der Waals surface area contributed by atoms with Gasteiger partial charge in [-0.1, -0.05) is 6.07 Å². The molecule has 0 atom stereocenters. The molecule has 1 N–H and O–H groups in total. The highest BCUT2D eigenvalue weighted by atomic mass is 16.1. The number of pyridine rings is 2. The number of amides is 1. The van der Waals surface area contributed by atoms with Crippen LogP contribution in [0.1, 0.15) is 18.4 Å². The molecule has 4 heterocycles. The van der Waals surface area contributed by atoms with Crippen LogP contribution in [0.5, 0.6) is 0 Å². The molecule has 1 amide bonds. The zero-order chi connectivity index (χ0) is 17.8. The molecule has 4 rings (SSSR count). The smallest absolute Gasteiger partial charge is 0.223 e. The van der Waals surface area contributed by atoms with Gasteiger partial charge in [0.25, 0.3) is 0 Å². The number of aromatic nitrogens is 4. The van der Waals surface area contributed by atoms with Crippen molar-refractivity contribution in [3.63, 3.8) is 0 Å². The van der Waals surface area contributed by atoms with Gasteiger partial charge in [-0.3, -0.25) is 14.8 Å². The van der Waals surface area contributed by atoms with Gasteiger partial charge >= 0.3 is 0 Å². The second-order valence-electron chi connectivity index (χ2n) is 6.41. The lowest BCUT2D eigenvalue weighted by molar-refractivity contribution is -0.125. The minimum Gasteiger partial charge on any atom is -0.356 e. The van der Waals surface area contributed by atoms with Crippen LogP contribution in [0, 0.1) is 5.92 Å². The van der Waals surface area contributed by atoms with E-state index in [1.54, 1.807) is 24.8 Å². The lowest BCUT2D eigenvalue weighted by Gasteiger charge is -2.32. The summed E-state index contributed by atoms with van der Waals surface area (Å²) in [6.07, 6.45) is 8.46. The van der Waals surface area contributed by atoms with Crippen LogP contribution < -0.4 is 10.2 Å². The van der Waals surface area contributed by atoms with Crippen molar-refractivity contribution in [1.29, 1.82) is 0 Å². The summed E-state index contributed by atoms with van der Waals surface area (Å²) in [5.41, 5.74) is 2.46. The van der Waals surface area contributed by atoms with E-state index < -0.39 is 0 Å². The summed E-state index contributed by atoms with van der Waals surface area (Å²) in [5, 5.41) is 3.02. The van der Waals surface area contributed by atoms with Gasteiger partial charge in [-0.15, -0.1) is 0 Å². The van der Waals surface area contributed by atoms with Crippen LogP contribution in [-0.2, 0) is 11.3 Å². The van der Waals surface area contributed by atoms with Gasteiger partial charge < -0.3 is 10.2 Å². The molecule has 0 saturated carbocycles. The van der Waals surface area contributed by atoms with Crippen LogP contribution in [-0.4, -0.2) is 38.9 Å². The SMILES string of the molecule is O=C(NCc1cccnc1)C1CCN(c2ccc3nccnc3n2)CC1. The quantitative estimate of drug-likeness (QED) is 0.776. The van der Waals surface area contributed by atoms with Crippen LogP contribution in [0.25, 0.3) is 11.2 Å². The number of nitrogens with one attached hydrogen (secondary N) is 1. The molecule has 0 aromatic carbocycles. The van der Waals surface area contributed by atoms with E-state index in [4.69, 9.17) is 0 Å². The van der Waals surface area contributed by atoms with E-state index in [2.05, 4.69) is 30.2 Å². The zero-order valence-corrected chi connectivity index (χ0v) is 14.4. The molecule has 132 valence electrons. The molecule has 7 heteroatoms. The van der Waals surface area contributed by atoms with Crippen molar-refractivity contribution in [2.75, 3.05) is 18.0 Å². The summed E-state index contributed by atoms with van der Waals surface area (Å²) in [4.78, 5) is 31.8. The lowest BCUT2D eigenvalue weighted by atomic mass is 9.96. The minimum atomic E-state index is 0.0446. The summed E-state index contributed by atoms with van der Waals surface area (Å²) in [6.45, 7) is 2.14. The van der Waals surface area contributed by atoms with Gasteiger partial charge in [-0.05, 0) is 36.6 Å². The number of piperidine rings is 1. The third-order valence-electron chi connectivity index (χ3n) is 4.70. The zero-order valence-electron chi connectivity index (χ0n) is 14.4. The molecule has 1 saturated heterocycles. The Hall–Kier alpha value is -3.09. The molecule has 0 spiro atoms. The van der Waals surface area contributed by atoms with Gasteiger partial charge in [0, 0.05) is 50.3 Å². The predicted molar refractivity (Wildman–Crippen MR) is 98.4 cm³/mol. The topological polar surface area (TPSA) is 83.9 Å². The number of hydrogen-bond donors (Lipinski definition) is 1. The molecular weight excluding hydrogens is 328 g/mol. The first-order valence-corrected chi connectivity index (χ1v) is 8.79. The highest BCUT2D eigenvalue weighted by Crippen LogP contribution is 2.23. The molecule has 1 fully saturated rings. The van der Waals surface area contributed by atoms with E-state index in [1.807, 2.05) is 24.3 Å². The third kappa shape index (κ3) is 3.61. The van der Waals surface area contributed by atoms with E-state index in [-0.39, 0.29) is 11.8 Å². The first-order valence-electron chi connectivity index (χ1n) is 8.79. The molecule has 0 aliphatic carbocycles. The largest absolute Gasteiger partial charge is 0.356 e. The summed E-state index contributed by atoms with van der Waals surface area (Å²) in [7, 11) is 0. The molecule has 3 aromatic rings. The van der Waals surface area contributed by atoms with E-state index >= 15 is 0 Å². The second-order valence-corrected chi connectivity index (χ2v) is 6.41. The molecule has 3 aromatic heterocycles. The number of fused-ring (bicyclic) bond motifs is 1. The van der Waals surface area contributed by atoms with Crippen LogP contribution in [0.15, 0.2) is 49.1 Å². The Morgan fingerprint density at radius 1 is 1.12 bits per heavy atom. The van der Waals surface area contributed by atoms with Crippen molar-refractivity contribution in [3.05, 3.63) is 54.6 Å². The highest BCUT2D eigenvalue weighted by Gasteiger charge is 2.25. The van der Waals surface area contributed by atoms with Crippen LogP contribution in [0.2, 0.25) is 0 Å². The number of rotatable bonds is 4. The van der Waals surface area contributed by atoms with Crippen LogP contribution in [0.4, 0.5) is 5.82 Å². The van der Waals surface area contributed by atoms with Crippen LogP contribution >= 0.6 is 0 Å². The molecule has 0 bridgehead atoms. The number of nitrogens with zero attached hydrogens (tertiary/aromatic N) is 5. The van der Waals surface area contributed by atoms with Gasteiger partial charge in [-0.25, -0.2) is 9.97 Å². The average molecular weight is 348 g/mol. The molecule has 7 nitrogen and oxygen atoms in total. The van der Waals surface area contributed by atoms with E-state index in [0.29, 0.717) is 12.2 Å². The second kappa shape index (κ2) is 7.43. The standard InChI is InChI=1S/C19H20N6O/c26-19(23-13-14-2-1-7-20-12-14)15-5-10-25(11-6-15)17-4-3-16-18(24-17)22-9-8-21-16/h1-4,7-9,12,15H,5-6,10-11,13H2,(H,23,26). The van der Waals surface area contributed by atoms with Crippen molar-refractivity contribution in [2.45, 2.75) is 19.4 Å². The summed E-state index contributed by atoms with van der Waals surface area (Å²) >= 11 is 0. The minimum absolute atomic E-state index is 0.0446. The normalized spacial score (nSPS) is 15.2. The fourth-order valence-electron chi connectivity index (χ4n) is 3.23. The van der Waals surface area contributed by atoms with E-state index in [0.717, 1.165) is 42.8 Å². The van der Waals surface area contributed by atoms with Crippen molar-refractivity contribution in [3.8, 4) is 0 Å². The number of carbonyl (C=O) groups excluding carboxylic acids is 1. The average Bonchev–Trinajstić information content (AvgIpc) is 2.72. The van der Waals surface area contributed by atoms with Gasteiger partial charge in [0.05, 0.1) is 0 Å². The maximum Gasteiger partial charge on any atom is 0.223 e. The monoisotopic (exact) mass is 348 g/mol. The Kier molecular flexibility index (Phi) is 4.68. The first-order chi connectivity index (χ1) is 12.8. The van der Waals surface area contributed by atoms with Crippen LogP contribution in [0.3, 0.4) is 0 Å². The number of anilines is 1. The van der Waals surface area contributed by atoms with Crippen molar-refractivity contribution >= 4 is 22.9 Å². The fourth-order valence-corrected chi connectivity index (χ4v) is 3.23. The fraction of sp³-hybridized carbons (Fsp3) is 0.316. The number of carbonyl (C=O) groups is 1. The Labute approximate surface area is 151 Å². The summed E-state index contributed by atoms with van der Waals surface area (Å²) < 4.78 is 0. The predicted octanol–water partition coefficient (Wildman–Crippen LogP) is 1.95. The summed E-state index contributed by atoms with van der Waals surface area (Å²) in [6, 6.07) is 7.75. The lowest BCUT2D eigenvalue weighted by Crippen LogP contribution is -2.40. The highest BCUT2D eigenvalue weighted by molar-refractivity contribution is 5.79. The first kappa shape index (κ1) is 16.4. The Balaban J connectivity index is 1.33. The van der Waals surface area contributed by atoms with Crippen molar-refractivity contribution in [1.82, 2.24) is 25.3 Å². The van der Waals surface area contributed by atoms with Crippen molar-refractivity contribution < 1.29 is 4.79 Å². The van der Waals surface area contributed by atoms with Gasteiger partial charge in [0.2, 0.25) is 5.91 Å². The van der Waals surface area contributed by atoms with E-state index in [1.165, 1.54) is 0 Å².